The van der Waals surface area contributed by atoms with Gasteiger partial charge < -0.3 is 4.90 Å². The van der Waals surface area contributed by atoms with Gasteiger partial charge in [0, 0.05) is 44.5 Å². The molecule has 0 bridgehead atoms. The van der Waals surface area contributed by atoms with Gasteiger partial charge >= 0.3 is 0 Å². The van der Waals surface area contributed by atoms with Gasteiger partial charge in [-0.05, 0) is 32.0 Å². The van der Waals surface area contributed by atoms with Crippen molar-refractivity contribution in [3.05, 3.63) is 49.2 Å². The van der Waals surface area contributed by atoms with Crippen LogP contribution in [0.3, 0.4) is 0 Å². The van der Waals surface area contributed by atoms with Crippen LogP contribution in [0.25, 0.3) is 16.8 Å². The first-order chi connectivity index (χ1) is 13.5. The summed E-state index contributed by atoms with van der Waals surface area (Å²) >= 11 is 0. The highest BCUT2D eigenvalue weighted by Crippen LogP contribution is 2.22. The van der Waals surface area contributed by atoms with Gasteiger partial charge in [0.15, 0.2) is 0 Å². The average Bonchev–Trinajstić information content (AvgIpc) is 3.36. The number of likely N-dealkylation sites (N-methyl/N-ethyl adjacent to an activating group) is 1. The number of fused-ring (bicyclic) bond motifs is 1. The van der Waals surface area contributed by atoms with E-state index in [-0.39, 0.29) is 5.91 Å². The SMILES string of the molecule is C=CC(=O)N1CCCC(N(C)Cc2nc(-c3cnn(C)c3)cn3nccc23)C1. The van der Waals surface area contributed by atoms with E-state index in [1.54, 1.807) is 10.9 Å². The summed E-state index contributed by atoms with van der Waals surface area (Å²) in [5, 5.41) is 8.65. The van der Waals surface area contributed by atoms with Crippen molar-refractivity contribution < 1.29 is 4.79 Å². The van der Waals surface area contributed by atoms with Gasteiger partial charge in [-0.1, -0.05) is 6.58 Å². The number of aromatic nitrogens is 5. The number of amides is 1. The molecule has 0 radical (unpaired) electrons. The van der Waals surface area contributed by atoms with Crippen molar-refractivity contribution in [2.45, 2.75) is 25.4 Å². The van der Waals surface area contributed by atoms with Gasteiger partial charge in [0.25, 0.3) is 0 Å². The molecular formula is C20H25N7O. The molecule has 0 spiro atoms. The second-order valence-electron chi connectivity index (χ2n) is 7.34. The Balaban J connectivity index is 1.59. The van der Waals surface area contributed by atoms with Crippen molar-refractivity contribution >= 4 is 11.4 Å². The lowest BCUT2D eigenvalue weighted by Crippen LogP contribution is -2.48. The van der Waals surface area contributed by atoms with Gasteiger partial charge in [-0.3, -0.25) is 14.4 Å². The minimum absolute atomic E-state index is 0.00739. The van der Waals surface area contributed by atoms with Crippen molar-refractivity contribution in [2.75, 3.05) is 20.1 Å². The number of nitrogens with zero attached hydrogens (tertiary/aromatic N) is 7. The number of aryl methyl sites for hydroxylation is 1. The third-order valence-electron chi connectivity index (χ3n) is 5.37. The summed E-state index contributed by atoms with van der Waals surface area (Å²) in [6.07, 6.45) is 10.9. The number of piperidine rings is 1. The van der Waals surface area contributed by atoms with Gasteiger partial charge in [0.1, 0.15) is 0 Å². The fourth-order valence-electron chi connectivity index (χ4n) is 3.81. The molecule has 8 nitrogen and oxygen atoms in total. The minimum atomic E-state index is 0.00739. The van der Waals surface area contributed by atoms with E-state index in [1.807, 2.05) is 41.1 Å². The Kier molecular flexibility index (Phi) is 4.95. The van der Waals surface area contributed by atoms with Crippen molar-refractivity contribution in [3.8, 4) is 11.3 Å². The largest absolute Gasteiger partial charge is 0.338 e. The van der Waals surface area contributed by atoms with Crippen molar-refractivity contribution in [1.29, 1.82) is 0 Å². The van der Waals surface area contributed by atoms with Crippen LogP contribution < -0.4 is 0 Å². The van der Waals surface area contributed by atoms with Gasteiger partial charge in [-0.25, -0.2) is 9.50 Å². The molecule has 0 saturated carbocycles. The van der Waals surface area contributed by atoms with Crippen LogP contribution in [0.2, 0.25) is 0 Å². The summed E-state index contributed by atoms with van der Waals surface area (Å²) in [7, 11) is 3.99. The fraction of sp³-hybridized carbons (Fsp3) is 0.400. The summed E-state index contributed by atoms with van der Waals surface area (Å²) in [6, 6.07) is 2.28. The number of hydrogen-bond acceptors (Lipinski definition) is 5. The minimum Gasteiger partial charge on any atom is -0.338 e. The lowest BCUT2D eigenvalue weighted by atomic mass is 10.0. The van der Waals surface area contributed by atoms with Gasteiger partial charge in [0.2, 0.25) is 5.91 Å². The predicted octanol–water partition coefficient (Wildman–Crippen LogP) is 1.74. The third kappa shape index (κ3) is 3.55. The highest BCUT2D eigenvalue weighted by atomic mass is 16.2. The second-order valence-corrected chi connectivity index (χ2v) is 7.34. The molecule has 3 aromatic rings. The van der Waals surface area contributed by atoms with Gasteiger partial charge in [-0.15, -0.1) is 0 Å². The van der Waals surface area contributed by atoms with Crippen LogP contribution in [-0.4, -0.2) is 66.3 Å². The zero-order valence-corrected chi connectivity index (χ0v) is 16.3. The van der Waals surface area contributed by atoms with Crippen LogP contribution in [0.4, 0.5) is 0 Å². The first-order valence-corrected chi connectivity index (χ1v) is 9.49. The van der Waals surface area contributed by atoms with Crippen LogP contribution in [0.5, 0.6) is 0 Å². The zero-order valence-electron chi connectivity index (χ0n) is 16.3. The van der Waals surface area contributed by atoms with Crippen LogP contribution in [0.1, 0.15) is 18.5 Å². The molecule has 1 saturated heterocycles. The first kappa shape index (κ1) is 18.4. The maximum absolute atomic E-state index is 12.0. The van der Waals surface area contributed by atoms with E-state index >= 15 is 0 Å². The van der Waals surface area contributed by atoms with Crippen LogP contribution in [-0.2, 0) is 18.4 Å². The molecule has 4 heterocycles. The van der Waals surface area contributed by atoms with E-state index in [9.17, 15) is 4.79 Å². The molecule has 8 heteroatoms. The van der Waals surface area contributed by atoms with Crippen molar-refractivity contribution in [3.63, 3.8) is 0 Å². The highest BCUT2D eigenvalue weighted by Gasteiger charge is 2.26. The van der Waals surface area contributed by atoms with Gasteiger partial charge in [0.05, 0.1) is 35.5 Å². The Bertz CT molecular complexity index is 1010. The highest BCUT2D eigenvalue weighted by molar-refractivity contribution is 5.87. The Morgan fingerprint density at radius 1 is 1.39 bits per heavy atom. The molecule has 1 unspecified atom stereocenters. The third-order valence-corrected chi connectivity index (χ3v) is 5.37. The normalized spacial score (nSPS) is 17.4. The van der Waals surface area contributed by atoms with Crippen LogP contribution in [0, 0.1) is 0 Å². The lowest BCUT2D eigenvalue weighted by molar-refractivity contribution is -0.128. The molecule has 28 heavy (non-hydrogen) atoms. The summed E-state index contributed by atoms with van der Waals surface area (Å²) in [5.41, 5.74) is 3.77. The molecule has 0 aliphatic carbocycles. The molecule has 3 aromatic heterocycles. The number of hydrogen-bond donors (Lipinski definition) is 0. The lowest BCUT2D eigenvalue weighted by Gasteiger charge is -2.37. The van der Waals surface area contributed by atoms with Crippen LogP contribution >= 0.6 is 0 Å². The van der Waals surface area contributed by atoms with Crippen molar-refractivity contribution in [1.82, 2.24) is 34.2 Å². The van der Waals surface area contributed by atoms with Crippen LogP contribution in [0.15, 0.2) is 43.5 Å². The molecule has 1 fully saturated rings. The zero-order chi connectivity index (χ0) is 19.7. The Hall–Kier alpha value is -3.00. The van der Waals surface area contributed by atoms with Gasteiger partial charge in [-0.2, -0.15) is 10.2 Å². The molecule has 1 atom stereocenters. The second kappa shape index (κ2) is 7.55. The standard InChI is InChI=1S/C20H25N7O/c1-4-20(28)26-9-5-6-16(12-26)24(2)13-18-19-7-8-21-27(19)14-17(23-18)15-10-22-25(3)11-15/h4,7-8,10-11,14,16H,1,5-6,9,12-13H2,2-3H3. The maximum Gasteiger partial charge on any atom is 0.246 e. The molecule has 1 aliphatic heterocycles. The molecule has 0 N–H and O–H groups in total. The van der Waals surface area contributed by atoms with E-state index in [0.717, 1.165) is 48.4 Å². The molecule has 4 rings (SSSR count). The molecular weight excluding hydrogens is 354 g/mol. The number of rotatable bonds is 5. The summed E-state index contributed by atoms with van der Waals surface area (Å²) in [6.45, 7) is 5.82. The molecule has 146 valence electrons. The fourth-order valence-corrected chi connectivity index (χ4v) is 3.81. The van der Waals surface area contributed by atoms with E-state index in [1.165, 1.54) is 6.08 Å². The number of carbonyl (C=O) groups is 1. The van der Waals surface area contributed by atoms with E-state index < -0.39 is 0 Å². The van der Waals surface area contributed by atoms with Crippen molar-refractivity contribution in [2.24, 2.45) is 7.05 Å². The summed E-state index contributed by atoms with van der Waals surface area (Å²) in [5.74, 6) is 0.00739. The number of likely N-dealkylation sites (tertiary alicyclic amines) is 1. The molecule has 0 aromatic carbocycles. The van der Waals surface area contributed by atoms with E-state index in [2.05, 4.69) is 28.7 Å². The maximum atomic E-state index is 12.0. The quantitative estimate of drug-likeness (QED) is 0.632. The Morgan fingerprint density at radius 3 is 3.00 bits per heavy atom. The Morgan fingerprint density at radius 2 is 2.25 bits per heavy atom. The smallest absolute Gasteiger partial charge is 0.246 e. The predicted molar refractivity (Wildman–Crippen MR) is 106 cm³/mol. The van der Waals surface area contributed by atoms with E-state index in [0.29, 0.717) is 12.6 Å². The summed E-state index contributed by atoms with van der Waals surface area (Å²) < 4.78 is 3.64. The number of carbonyl (C=O) groups excluding carboxylic acids is 1. The first-order valence-electron chi connectivity index (χ1n) is 9.49. The van der Waals surface area contributed by atoms with E-state index in [4.69, 9.17) is 4.98 Å². The molecule has 1 amide bonds. The summed E-state index contributed by atoms with van der Waals surface area (Å²) in [4.78, 5) is 21.1. The monoisotopic (exact) mass is 379 g/mol. The molecule has 1 aliphatic rings. The average molecular weight is 379 g/mol. The Labute approximate surface area is 164 Å². The topological polar surface area (TPSA) is 71.6 Å².